The first-order valence-corrected chi connectivity index (χ1v) is 14.2. The smallest absolute Gasteiger partial charge is 0.285 e. The first-order chi connectivity index (χ1) is 18.7. The highest BCUT2D eigenvalue weighted by atomic mass is 35.5. The average molecular weight is 588 g/mol. The Labute approximate surface area is 238 Å². The number of hydrogen-bond acceptors (Lipinski definition) is 4. The molecule has 39 heavy (non-hydrogen) atoms. The van der Waals surface area contributed by atoms with Crippen LogP contribution in [0.25, 0.3) is 0 Å². The molecule has 1 atom stereocenters. The Morgan fingerprint density at radius 2 is 1.67 bits per heavy atom. The van der Waals surface area contributed by atoms with Crippen LogP contribution in [0.2, 0.25) is 10.0 Å². The molecule has 0 amide bonds. The zero-order chi connectivity index (χ0) is 28.0. The highest BCUT2D eigenvalue weighted by molar-refractivity contribution is 7.90. The van der Waals surface area contributed by atoms with Gasteiger partial charge in [0, 0.05) is 36.7 Å². The largest absolute Gasteiger partial charge is 0.383 e. The van der Waals surface area contributed by atoms with Crippen LogP contribution in [0, 0.1) is 0 Å². The molecule has 0 fully saturated rings. The van der Waals surface area contributed by atoms with E-state index < -0.39 is 10.0 Å². The van der Waals surface area contributed by atoms with Gasteiger partial charge in [-0.25, -0.2) is 5.01 Å². The second kappa shape index (κ2) is 12.6. The average Bonchev–Trinajstić information content (AvgIpc) is 3.38. The van der Waals surface area contributed by atoms with Gasteiger partial charge in [0.05, 0.1) is 23.8 Å². The fraction of sp³-hybridized carbons (Fsp3) is 0.222. The van der Waals surface area contributed by atoms with Gasteiger partial charge in [-0.2, -0.15) is 18.5 Å². The van der Waals surface area contributed by atoms with Gasteiger partial charge in [0.15, 0.2) is 5.96 Å². The predicted octanol–water partition coefficient (Wildman–Crippen LogP) is 4.43. The van der Waals surface area contributed by atoms with E-state index in [9.17, 15) is 8.42 Å². The molecule has 0 bridgehead atoms. The van der Waals surface area contributed by atoms with Crippen molar-refractivity contribution in [2.75, 3.05) is 33.9 Å². The Balaban J connectivity index is 1.81. The number of guanidine groups is 2. The zero-order valence-corrected chi connectivity index (χ0v) is 23.7. The molecule has 12 heteroatoms. The summed E-state index contributed by atoms with van der Waals surface area (Å²) in [5.41, 5.74) is 8.81. The Kier molecular flexibility index (Phi) is 9.24. The van der Waals surface area contributed by atoms with Gasteiger partial charge in [0.25, 0.3) is 16.0 Å². The van der Waals surface area contributed by atoms with Gasteiger partial charge in [-0.1, -0.05) is 65.7 Å². The summed E-state index contributed by atoms with van der Waals surface area (Å²) in [4.78, 5) is 6.02. The highest BCUT2D eigenvalue weighted by Crippen LogP contribution is 2.30. The molecule has 0 radical (unpaired) electrons. The van der Waals surface area contributed by atoms with E-state index in [4.69, 9.17) is 38.8 Å². The summed E-state index contributed by atoms with van der Waals surface area (Å²) in [7, 11) is -0.875. The predicted molar refractivity (Wildman–Crippen MR) is 156 cm³/mol. The molecule has 0 saturated carbocycles. The molecule has 1 heterocycles. The second-order valence-corrected chi connectivity index (χ2v) is 11.2. The lowest BCUT2D eigenvalue weighted by Gasteiger charge is -2.20. The monoisotopic (exact) mass is 586 g/mol. The molecule has 0 saturated heterocycles. The van der Waals surface area contributed by atoms with Gasteiger partial charge in [-0.3, -0.25) is 0 Å². The number of nitrogens with two attached hydrogens (primary N) is 1. The number of rotatable bonds is 7. The molecule has 204 valence electrons. The summed E-state index contributed by atoms with van der Waals surface area (Å²) in [5.74, 6) is -0.307. The third-order valence-corrected chi connectivity index (χ3v) is 7.81. The van der Waals surface area contributed by atoms with Crippen molar-refractivity contribution in [3.8, 4) is 0 Å². The fourth-order valence-electron chi connectivity index (χ4n) is 3.88. The number of hydrazone groups is 1. The van der Waals surface area contributed by atoms with Crippen molar-refractivity contribution in [1.82, 2.24) is 9.91 Å². The van der Waals surface area contributed by atoms with Gasteiger partial charge < -0.3 is 15.4 Å². The molecular formula is C27H28Cl2N6O3S. The van der Waals surface area contributed by atoms with Crippen molar-refractivity contribution in [2.45, 2.75) is 10.8 Å². The van der Waals surface area contributed by atoms with Gasteiger partial charge >= 0.3 is 0 Å². The highest BCUT2D eigenvalue weighted by Gasteiger charge is 2.33. The molecule has 0 aliphatic carbocycles. The van der Waals surface area contributed by atoms with Crippen LogP contribution in [-0.4, -0.2) is 69.8 Å². The minimum absolute atomic E-state index is 0.0355. The number of ether oxygens (including phenoxy) is 1. The van der Waals surface area contributed by atoms with Crippen molar-refractivity contribution in [2.24, 2.45) is 20.2 Å². The van der Waals surface area contributed by atoms with Crippen LogP contribution in [-0.2, 0) is 14.8 Å². The third-order valence-electron chi connectivity index (χ3n) is 6.04. The van der Waals surface area contributed by atoms with Crippen molar-refractivity contribution in [1.29, 1.82) is 0 Å². The zero-order valence-electron chi connectivity index (χ0n) is 21.4. The molecule has 3 aromatic rings. The van der Waals surface area contributed by atoms with E-state index in [1.807, 2.05) is 42.5 Å². The van der Waals surface area contributed by atoms with Gasteiger partial charge in [-0.05, 0) is 47.5 Å². The lowest BCUT2D eigenvalue weighted by atomic mass is 9.91. The summed E-state index contributed by atoms with van der Waals surface area (Å²) in [6.07, 6.45) is 0. The van der Waals surface area contributed by atoms with Crippen LogP contribution >= 0.6 is 23.2 Å². The second-order valence-electron chi connectivity index (χ2n) is 8.74. The SMILES string of the molecule is COCCN(C)/C(N)=N/C(=N/S(=O)(=O)c1ccc(Cl)cc1)N1CC(c2ccccc2)C(c2ccc(Cl)cc2)=N1. The summed E-state index contributed by atoms with van der Waals surface area (Å²) in [6.45, 7) is 1.13. The number of nitrogens with zero attached hydrogens (tertiary/aromatic N) is 5. The Hall–Kier alpha value is -3.44. The lowest BCUT2D eigenvalue weighted by Crippen LogP contribution is -2.38. The van der Waals surface area contributed by atoms with Crippen molar-refractivity contribution < 1.29 is 13.2 Å². The molecule has 1 unspecified atom stereocenters. The molecule has 0 spiro atoms. The molecule has 9 nitrogen and oxygen atoms in total. The maximum Gasteiger partial charge on any atom is 0.285 e. The van der Waals surface area contributed by atoms with Gasteiger partial charge in [0.1, 0.15) is 0 Å². The molecule has 4 rings (SSSR count). The molecule has 1 aliphatic heterocycles. The number of hydrogen-bond donors (Lipinski definition) is 1. The summed E-state index contributed by atoms with van der Waals surface area (Å²) < 4.78 is 35.8. The Bertz CT molecular complexity index is 1480. The van der Waals surface area contributed by atoms with E-state index in [0.717, 1.165) is 16.8 Å². The van der Waals surface area contributed by atoms with Crippen molar-refractivity contribution >= 4 is 50.9 Å². The van der Waals surface area contributed by atoms with Crippen LogP contribution in [0.3, 0.4) is 0 Å². The van der Waals surface area contributed by atoms with E-state index in [0.29, 0.717) is 23.2 Å². The van der Waals surface area contributed by atoms with Crippen molar-refractivity contribution in [3.63, 3.8) is 0 Å². The van der Waals surface area contributed by atoms with Crippen LogP contribution in [0.15, 0.2) is 98.2 Å². The first kappa shape index (κ1) is 28.6. The lowest BCUT2D eigenvalue weighted by molar-refractivity contribution is 0.182. The third kappa shape index (κ3) is 7.15. The Morgan fingerprint density at radius 1 is 1.05 bits per heavy atom. The van der Waals surface area contributed by atoms with Crippen molar-refractivity contribution in [3.05, 3.63) is 100 Å². The maximum atomic E-state index is 13.3. The van der Waals surface area contributed by atoms with Crippen LogP contribution in [0.1, 0.15) is 17.0 Å². The first-order valence-electron chi connectivity index (χ1n) is 12.0. The topological polar surface area (TPSA) is 113 Å². The molecule has 1 aliphatic rings. The van der Waals surface area contributed by atoms with Gasteiger partial charge in [0.2, 0.25) is 0 Å². The normalized spacial score (nSPS) is 16.4. The van der Waals surface area contributed by atoms with E-state index in [-0.39, 0.29) is 29.3 Å². The maximum absolute atomic E-state index is 13.3. The summed E-state index contributed by atoms with van der Waals surface area (Å²) in [6, 6.07) is 22.9. The fourth-order valence-corrected chi connectivity index (χ4v) is 5.06. The summed E-state index contributed by atoms with van der Waals surface area (Å²) >= 11 is 12.1. The number of likely N-dealkylation sites (N-methyl/N-ethyl adjacent to an activating group) is 1. The summed E-state index contributed by atoms with van der Waals surface area (Å²) in [5, 5.41) is 7.26. The molecule has 3 aromatic carbocycles. The molecule has 0 aromatic heterocycles. The number of methoxy groups -OCH3 is 1. The number of halogens is 2. The molecular weight excluding hydrogens is 559 g/mol. The Morgan fingerprint density at radius 3 is 2.28 bits per heavy atom. The number of sulfonamides is 1. The minimum Gasteiger partial charge on any atom is -0.383 e. The minimum atomic E-state index is -4.18. The van der Waals surface area contributed by atoms with E-state index >= 15 is 0 Å². The number of aliphatic imine (C=N–C) groups is 1. The quantitative estimate of drug-likeness (QED) is 0.323. The van der Waals surface area contributed by atoms with E-state index in [1.54, 1.807) is 31.2 Å². The van der Waals surface area contributed by atoms with Crippen LogP contribution in [0.4, 0.5) is 0 Å². The standard InChI is InChI=1S/C27H28Cl2N6O3S/c1-34(16-17-38-2)26(30)31-27(33-39(36,37)23-14-12-22(29)13-15-23)35-18-24(19-6-4-3-5-7-19)25(32-35)20-8-10-21(28)11-9-20/h3-15,24H,16-18H2,1-2H3,(H2,30,31,33). The molecule has 2 N–H and O–H groups in total. The van der Waals surface area contributed by atoms with Gasteiger partial charge in [-0.15, -0.1) is 4.40 Å². The van der Waals surface area contributed by atoms with Crippen LogP contribution in [0.5, 0.6) is 0 Å². The van der Waals surface area contributed by atoms with E-state index in [1.165, 1.54) is 29.3 Å². The van der Waals surface area contributed by atoms with Crippen LogP contribution < -0.4 is 5.73 Å². The van der Waals surface area contributed by atoms with E-state index in [2.05, 4.69) is 9.39 Å². The number of benzene rings is 3.